The molecule has 1 aliphatic carbocycles. The summed E-state index contributed by atoms with van der Waals surface area (Å²) in [5, 5.41) is 16.9. The highest BCUT2D eigenvalue weighted by Gasteiger charge is 2.30. The zero-order valence-electron chi connectivity index (χ0n) is 16.4. The van der Waals surface area contributed by atoms with Crippen LogP contribution in [0.1, 0.15) is 30.7 Å². The number of nitrogens with zero attached hydrogens (tertiary/aromatic N) is 1. The quantitative estimate of drug-likeness (QED) is 0.614. The van der Waals surface area contributed by atoms with Gasteiger partial charge in [0.05, 0.1) is 16.7 Å². The molecule has 2 fully saturated rings. The van der Waals surface area contributed by atoms with Gasteiger partial charge in [0, 0.05) is 31.2 Å². The predicted molar refractivity (Wildman–Crippen MR) is 113 cm³/mol. The smallest absolute Gasteiger partial charge is 0.328 e. The van der Waals surface area contributed by atoms with Crippen LogP contribution in [0.3, 0.4) is 0 Å². The second kappa shape index (κ2) is 11.6. The number of carboxylic acid groups (broad SMARTS) is 2. The van der Waals surface area contributed by atoms with E-state index >= 15 is 0 Å². The summed E-state index contributed by atoms with van der Waals surface area (Å²) in [6.45, 7) is 4.01. The molecule has 29 heavy (non-hydrogen) atoms. The van der Waals surface area contributed by atoms with E-state index < -0.39 is 11.9 Å². The highest BCUT2D eigenvalue weighted by molar-refractivity contribution is 6.42. The fourth-order valence-electron chi connectivity index (χ4n) is 3.38. The van der Waals surface area contributed by atoms with Gasteiger partial charge in [-0.05, 0) is 62.4 Å². The Labute approximate surface area is 181 Å². The van der Waals surface area contributed by atoms with Crippen molar-refractivity contribution in [3.05, 3.63) is 46.0 Å². The molecular formula is C21H27Cl2NO5. The maximum Gasteiger partial charge on any atom is 0.328 e. The van der Waals surface area contributed by atoms with Gasteiger partial charge in [-0.25, -0.2) is 9.59 Å². The fraction of sp³-hybridized carbons (Fsp3) is 0.524. The third-order valence-corrected chi connectivity index (χ3v) is 5.80. The third kappa shape index (κ3) is 8.74. The van der Waals surface area contributed by atoms with Crippen LogP contribution < -0.4 is 0 Å². The molecule has 2 N–H and O–H groups in total. The van der Waals surface area contributed by atoms with Crippen LogP contribution in [0.4, 0.5) is 0 Å². The molecule has 8 heteroatoms. The van der Waals surface area contributed by atoms with Crippen molar-refractivity contribution in [3.63, 3.8) is 0 Å². The van der Waals surface area contributed by atoms with Gasteiger partial charge in [0.25, 0.3) is 0 Å². The Hall–Kier alpha value is -1.60. The van der Waals surface area contributed by atoms with E-state index in [1.54, 1.807) is 0 Å². The van der Waals surface area contributed by atoms with Crippen molar-refractivity contribution < 1.29 is 24.5 Å². The molecule has 2 atom stereocenters. The number of piperidine rings is 1. The van der Waals surface area contributed by atoms with Crippen molar-refractivity contribution in [2.24, 2.45) is 11.8 Å². The van der Waals surface area contributed by atoms with Crippen LogP contribution in [-0.2, 0) is 14.3 Å². The second-order valence-electron chi connectivity index (χ2n) is 7.58. The van der Waals surface area contributed by atoms with Gasteiger partial charge in [-0.2, -0.15) is 0 Å². The number of ether oxygens (including phenoxy) is 1. The molecule has 0 bridgehead atoms. The number of aliphatic carboxylic acids is 2. The van der Waals surface area contributed by atoms with Gasteiger partial charge in [0.1, 0.15) is 0 Å². The van der Waals surface area contributed by atoms with Crippen molar-refractivity contribution in [2.75, 3.05) is 33.4 Å². The van der Waals surface area contributed by atoms with Crippen molar-refractivity contribution in [1.29, 1.82) is 0 Å². The number of benzene rings is 1. The third-order valence-electron chi connectivity index (χ3n) is 5.06. The molecule has 1 saturated heterocycles. The van der Waals surface area contributed by atoms with E-state index in [4.69, 9.17) is 38.2 Å². The Kier molecular flexibility index (Phi) is 9.43. The van der Waals surface area contributed by atoms with Crippen LogP contribution in [0.5, 0.6) is 0 Å². The standard InChI is InChI=1S/C17H23Cl2NO.C4H4O4/c1-20-7-6-15(13-4-5-16(18)17(19)8-13)14(9-20)11-21-10-12-2-3-12;5-3(6)1-2-4(7)8/h4-5,8,12,14-15H,2-3,6-7,9-11H2,1H3;1-2H,(H,5,6)(H,7,8)/t14-,15-;/m0./s1. The Bertz CT molecular complexity index is 720. The van der Waals surface area contributed by atoms with Gasteiger partial charge in [-0.1, -0.05) is 29.3 Å². The van der Waals surface area contributed by atoms with Crippen molar-refractivity contribution in [1.82, 2.24) is 4.90 Å². The lowest BCUT2D eigenvalue weighted by molar-refractivity contribution is -0.134. The number of halogens is 2. The summed E-state index contributed by atoms with van der Waals surface area (Å²) >= 11 is 12.2. The molecule has 1 aromatic carbocycles. The molecule has 1 aliphatic heterocycles. The lowest BCUT2D eigenvalue weighted by atomic mass is 9.81. The topological polar surface area (TPSA) is 87.1 Å². The first-order chi connectivity index (χ1) is 13.8. The molecule has 0 aromatic heterocycles. The molecule has 1 heterocycles. The monoisotopic (exact) mass is 443 g/mol. The van der Waals surface area contributed by atoms with E-state index in [9.17, 15) is 9.59 Å². The minimum atomic E-state index is -1.26. The summed E-state index contributed by atoms with van der Waals surface area (Å²) in [7, 11) is 2.19. The number of hydrogen-bond acceptors (Lipinski definition) is 4. The minimum absolute atomic E-state index is 0.523. The molecule has 0 amide bonds. The van der Waals surface area contributed by atoms with Gasteiger partial charge in [0.15, 0.2) is 0 Å². The number of rotatable bonds is 7. The zero-order valence-corrected chi connectivity index (χ0v) is 17.9. The lowest BCUT2D eigenvalue weighted by Gasteiger charge is -2.37. The van der Waals surface area contributed by atoms with Crippen LogP contribution in [-0.4, -0.2) is 60.4 Å². The number of likely N-dealkylation sites (tertiary alicyclic amines) is 1. The molecule has 6 nitrogen and oxygen atoms in total. The lowest BCUT2D eigenvalue weighted by Crippen LogP contribution is -2.39. The van der Waals surface area contributed by atoms with Crippen molar-refractivity contribution in [2.45, 2.75) is 25.2 Å². The van der Waals surface area contributed by atoms with Crippen LogP contribution in [0.15, 0.2) is 30.4 Å². The first kappa shape index (κ1) is 23.7. The number of carboxylic acids is 2. The molecule has 1 aromatic rings. The van der Waals surface area contributed by atoms with Gasteiger partial charge in [0.2, 0.25) is 0 Å². The fourth-order valence-corrected chi connectivity index (χ4v) is 3.68. The van der Waals surface area contributed by atoms with Gasteiger partial charge in [-0.3, -0.25) is 0 Å². The SMILES string of the molecule is CN1CC[C@@H](c2ccc(Cl)c(Cl)c2)[C@H](COCC2CC2)C1.O=C(O)C=CC(=O)O. The van der Waals surface area contributed by atoms with Crippen LogP contribution >= 0.6 is 23.2 Å². The molecule has 1 saturated carbocycles. The first-order valence-electron chi connectivity index (χ1n) is 9.61. The van der Waals surface area contributed by atoms with E-state index in [-0.39, 0.29) is 0 Å². The number of hydrogen-bond donors (Lipinski definition) is 2. The first-order valence-corrected chi connectivity index (χ1v) is 10.4. The highest BCUT2D eigenvalue weighted by Crippen LogP contribution is 2.36. The maximum absolute atomic E-state index is 9.55. The maximum atomic E-state index is 9.55. The largest absolute Gasteiger partial charge is 0.478 e. The molecule has 160 valence electrons. The van der Waals surface area contributed by atoms with Crippen molar-refractivity contribution in [3.8, 4) is 0 Å². The minimum Gasteiger partial charge on any atom is -0.478 e. The molecule has 0 radical (unpaired) electrons. The Morgan fingerprint density at radius 2 is 1.76 bits per heavy atom. The summed E-state index contributed by atoms with van der Waals surface area (Å²) in [6.07, 6.45) is 4.97. The molecule has 3 rings (SSSR count). The van der Waals surface area contributed by atoms with Crippen LogP contribution in [0, 0.1) is 11.8 Å². The van der Waals surface area contributed by atoms with Crippen LogP contribution in [0.2, 0.25) is 10.0 Å². The Morgan fingerprint density at radius 1 is 1.10 bits per heavy atom. The Balaban J connectivity index is 0.000000321. The van der Waals surface area contributed by atoms with E-state index in [2.05, 4.69) is 18.0 Å². The summed E-state index contributed by atoms with van der Waals surface area (Å²) in [5.41, 5.74) is 1.30. The van der Waals surface area contributed by atoms with Crippen LogP contribution in [0.25, 0.3) is 0 Å². The van der Waals surface area contributed by atoms with E-state index in [0.717, 1.165) is 38.6 Å². The molecule has 2 aliphatic rings. The Morgan fingerprint density at radius 3 is 2.31 bits per heavy atom. The second-order valence-corrected chi connectivity index (χ2v) is 8.40. The summed E-state index contributed by atoms with van der Waals surface area (Å²) in [5.74, 6) is -0.621. The molecule has 0 unspecified atom stereocenters. The molecular weight excluding hydrogens is 417 g/mol. The summed E-state index contributed by atoms with van der Waals surface area (Å²) < 4.78 is 5.97. The molecule has 0 spiro atoms. The normalized spacial score (nSPS) is 22.2. The van der Waals surface area contributed by atoms with E-state index in [1.807, 2.05) is 12.1 Å². The van der Waals surface area contributed by atoms with Gasteiger partial charge in [-0.15, -0.1) is 0 Å². The van der Waals surface area contributed by atoms with E-state index in [0.29, 0.717) is 34.0 Å². The average Bonchev–Trinajstić information content (AvgIpc) is 3.48. The highest BCUT2D eigenvalue weighted by atomic mass is 35.5. The van der Waals surface area contributed by atoms with Crippen molar-refractivity contribution >= 4 is 35.1 Å². The number of carbonyl (C=O) groups is 2. The van der Waals surface area contributed by atoms with Gasteiger partial charge >= 0.3 is 11.9 Å². The summed E-state index contributed by atoms with van der Waals surface area (Å²) in [4.78, 5) is 21.5. The predicted octanol–water partition coefficient (Wildman–Crippen LogP) is 4.17. The summed E-state index contributed by atoms with van der Waals surface area (Å²) in [6, 6.07) is 6.07. The average molecular weight is 444 g/mol. The van der Waals surface area contributed by atoms with E-state index in [1.165, 1.54) is 18.4 Å². The van der Waals surface area contributed by atoms with Gasteiger partial charge < -0.3 is 19.8 Å². The zero-order chi connectivity index (χ0) is 21.4.